The molecule has 0 saturated carbocycles. The van der Waals surface area contributed by atoms with Crippen molar-refractivity contribution in [2.75, 3.05) is 20.2 Å². The third kappa shape index (κ3) is 3.89. The molecule has 0 spiro atoms. The monoisotopic (exact) mass is 188 g/mol. The second kappa shape index (κ2) is 5.53. The van der Waals surface area contributed by atoms with E-state index in [9.17, 15) is 9.59 Å². The molecule has 0 aliphatic carbocycles. The molecule has 76 valence electrons. The Labute approximate surface area is 77.8 Å². The van der Waals surface area contributed by atoms with E-state index in [1.54, 1.807) is 11.8 Å². The van der Waals surface area contributed by atoms with Gasteiger partial charge in [-0.2, -0.15) is 0 Å². The Bertz CT molecular complexity index is 194. The van der Waals surface area contributed by atoms with E-state index in [4.69, 9.17) is 5.73 Å². The van der Waals surface area contributed by atoms with Gasteiger partial charge in [0.05, 0.1) is 19.7 Å². The van der Waals surface area contributed by atoms with Crippen molar-refractivity contribution in [3.05, 3.63) is 0 Å². The molecule has 13 heavy (non-hydrogen) atoms. The Hall–Kier alpha value is -1.10. The maximum atomic E-state index is 10.9. The van der Waals surface area contributed by atoms with Crippen LogP contribution in [0.4, 0.5) is 0 Å². The fraction of sp³-hybridized carbons (Fsp3) is 0.750. The van der Waals surface area contributed by atoms with Gasteiger partial charge in [0.1, 0.15) is 0 Å². The molecule has 0 radical (unpaired) electrons. The Morgan fingerprint density at radius 2 is 2.08 bits per heavy atom. The van der Waals surface area contributed by atoms with Crippen molar-refractivity contribution < 1.29 is 14.3 Å². The van der Waals surface area contributed by atoms with Gasteiger partial charge >= 0.3 is 5.97 Å². The van der Waals surface area contributed by atoms with Gasteiger partial charge in [0, 0.05) is 0 Å². The summed E-state index contributed by atoms with van der Waals surface area (Å²) in [4.78, 5) is 23.3. The van der Waals surface area contributed by atoms with Crippen LogP contribution in [-0.2, 0) is 14.3 Å². The summed E-state index contributed by atoms with van der Waals surface area (Å²) < 4.78 is 4.48. The fourth-order valence-corrected chi connectivity index (χ4v) is 0.933. The van der Waals surface area contributed by atoms with E-state index < -0.39 is 11.9 Å². The van der Waals surface area contributed by atoms with Gasteiger partial charge in [0.25, 0.3) is 0 Å². The van der Waals surface area contributed by atoms with E-state index in [-0.39, 0.29) is 12.5 Å². The standard InChI is InChI=1S/C8H16N2O3/c1-4-10(5-7(11)13-3)6(2)8(9)12/h6H,4-5H2,1-3H3,(H2,9,12). The van der Waals surface area contributed by atoms with Gasteiger partial charge < -0.3 is 10.5 Å². The summed E-state index contributed by atoms with van der Waals surface area (Å²) in [6.45, 7) is 4.19. The minimum absolute atomic E-state index is 0.0944. The van der Waals surface area contributed by atoms with E-state index in [0.717, 1.165) is 0 Å². The average molecular weight is 188 g/mol. The molecule has 0 aliphatic heterocycles. The number of esters is 1. The lowest BCUT2D eigenvalue weighted by molar-refractivity contribution is -0.143. The first-order valence-corrected chi connectivity index (χ1v) is 4.13. The molecule has 0 aromatic carbocycles. The van der Waals surface area contributed by atoms with Crippen LogP contribution in [0.15, 0.2) is 0 Å². The number of hydrogen-bond donors (Lipinski definition) is 1. The molecule has 5 heteroatoms. The zero-order chi connectivity index (χ0) is 10.4. The molecule has 0 saturated heterocycles. The van der Waals surface area contributed by atoms with Crippen LogP contribution in [0.25, 0.3) is 0 Å². The van der Waals surface area contributed by atoms with Crippen molar-refractivity contribution >= 4 is 11.9 Å². The SMILES string of the molecule is CCN(CC(=O)OC)C(C)C(N)=O. The number of rotatable bonds is 5. The van der Waals surface area contributed by atoms with Crippen LogP contribution in [0.1, 0.15) is 13.8 Å². The van der Waals surface area contributed by atoms with Crippen molar-refractivity contribution in [3.8, 4) is 0 Å². The molecule has 1 amide bonds. The summed E-state index contributed by atoms with van der Waals surface area (Å²) in [5, 5.41) is 0. The number of nitrogens with zero attached hydrogens (tertiary/aromatic N) is 1. The number of likely N-dealkylation sites (N-methyl/N-ethyl adjacent to an activating group) is 1. The molecule has 0 aliphatic rings. The summed E-state index contributed by atoms with van der Waals surface area (Å²) >= 11 is 0. The third-order valence-electron chi connectivity index (χ3n) is 1.93. The Balaban J connectivity index is 4.17. The number of amides is 1. The van der Waals surface area contributed by atoms with Crippen LogP contribution >= 0.6 is 0 Å². The lowest BCUT2D eigenvalue weighted by atomic mass is 10.2. The molecule has 1 atom stereocenters. The maximum absolute atomic E-state index is 10.9. The minimum Gasteiger partial charge on any atom is -0.468 e. The lowest BCUT2D eigenvalue weighted by Crippen LogP contribution is -2.45. The van der Waals surface area contributed by atoms with Crippen LogP contribution in [0.2, 0.25) is 0 Å². The lowest BCUT2D eigenvalue weighted by Gasteiger charge is -2.23. The number of nitrogens with two attached hydrogens (primary N) is 1. The zero-order valence-corrected chi connectivity index (χ0v) is 8.24. The predicted octanol–water partition coefficient (Wildman–Crippen LogP) is -0.645. The van der Waals surface area contributed by atoms with Crippen molar-refractivity contribution in [2.45, 2.75) is 19.9 Å². The number of carbonyl (C=O) groups is 2. The molecule has 5 nitrogen and oxygen atoms in total. The highest BCUT2D eigenvalue weighted by molar-refractivity contribution is 5.80. The van der Waals surface area contributed by atoms with Gasteiger partial charge in [0.2, 0.25) is 5.91 Å². The molecule has 0 aromatic heterocycles. The molecule has 2 N–H and O–H groups in total. The third-order valence-corrected chi connectivity index (χ3v) is 1.93. The van der Waals surface area contributed by atoms with Gasteiger partial charge in [-0.25, -0.2) is 0 Å². The summed E-state index contributed by atoms with van der Waals surface area (Å²) in [5.41, 5.74) is 5.10. The maximum Gasteiger partial charge on any atom is 0.319 e. The quantitative estimate of drug-likeness (QED) is 0.582. The molecule has 0 fully saturated rings. The first-order valence-electron chi connectivity index (χ1n) is 4.13. The van der Waals surface area contributed by atoms with Gasteiger partial charge in [-0.1, -0.05) is 6.92 Å². The summed E-state index contributed by atoms with van der Waals surface area (Å²) in [6, 6.07) is -0.441. The van der Waals surface area contributed by atoms with Gasteiger partial charge in [-0.15, -0.1) is 0 Å². The highest BCUT2D eigenvalue weighted by Gasteiger charge is 2.19. The predicted molar refractivity (Wildman–Crippen MR) is 47.9 cm³/mol. The fourth-order valence-electron chi connectivity index (χ4n) is 0.933. The van der Waals surface area contributed by atoms with E-state index in [1.165, 1.54) is 7.11 Å². The molecular weight excluding hydrogens is 172 g/mol. The summed E-state index contributed by atoms with van der Waals surface area (Å²) in [5.74, 6) is -0.805. The molecule has 1 unspecified atom stereocenters. The largest absolute Gasteiger partial charge is 0.468 e. The molecular formula is C8H16N2O3. The van der Waals surface area contributed by atoms with E-state index in [1.807, 2.05) is 6.92 Å². The number of methoxy groups -OCH3 is 1. The second-order valence-electron chi connectivity index (χ2n) is 2.72. The molecule has 0 heterocycles. The van der Waals surface area contributed by atoms with E-state index in [2.05, 4.69) is 4.74 Å². The topological polar surface area (TPSA) is 72.6 Å². The van der Waals surface area contributed by atoms with E-state index in [0.29, 0.717) is 6.54 Å². The first-order chi connectivity index (χ1) is 6.02. The smallest absolute Gasteiger partial charge is 0.319 e. The Morgan fingerprint density at radius 3 is 2.38 bits per heavy atom. The van der Waals surface area contributed by atoms with Gasteiger partial charge in [0.15, 0.2) is 0 Å². The molecule has 0 bridgehead atoms. The number of primary amides is 1. The van der Waals surface area contributed by atoms with Crippen molar-refractivity contribution in [2.24, 2.45) is 5.73 Å². The zero-order valence-electron chi connectivity index (χ0n) is 8.24. The van der Waals surface area contributed by atoms with Crippen LogP contribution < -0.4 is 5.73 Å². The van der Waals surface area contributed by atoms with Crippen molar-refractivity contribution in [1.82, 2.24) is 4.90 Å². The highest BCUT2D eigenvalue weighted by Crippen LogP contribution is 1.97. The molecule has 0 rings (SSSR count). The molecule has 0 aromatic rings. The number of hydrogen-bond acceptors (Lipinski definition) is 4. The van der Waals surface area contributed by atoms with Crippen LogP contribution in [0.3, 0.4) is 0 Å². The normalized spacial score (nSPS) is 12.6. The van der Waals surface area contributed by atoms with Crippen LogP contribution in [-0.4, -0.2) is 43.0 Å². The Kier molecular flexibility index (Phi) is 5.06. The van der Waals surface area contributed by atoms with Crippen LogP contribution in [0, 0.1) is 0 Å². The van der Waals surface area contributed by atoms with Crippen LogP contribution in [0.5, 0.6) is 0 Å². The van der Waals surface area contributed by atoms with Crippen molar-refractivity contribution in [3.63, 3.8) is 0 Å². The number of carbonyl (C=O) groups excluding carboxylic acids is 2. The van der Waals surface area contributed by atoms with Gasteiger partial charge in [-0.3, -0.25) is 14.5 Å². The summed E-state index contributed by atoms with van der Waals surface area (Å²) in [6.07, 6.45) is 0. The number of ether oxygens (including phenoxy) is 1. The van der Waals surface area contributed by atoms with Gasteiger partial charge in [-0.05, 0) is 13.5 Å². The van der Waals surface area contributed by atoms with Crippen molar-refractivity contribution in [1.29, 1.82) is 0 Å². The Morgan fingerprint density at radius 1 is 1.54 bits per heavy atom. The summed E-state index contributed by atoms with van der Waals surface area (Å²) in [7, 11) is 1.31. The average Bonchev–Trinajstić information content (AvgIpc) is 2.12. The minimum atomic E-state index is -0.441. The first kappa shape index (κ1) is 11.9. The van der Waals surface area contributed by atoms with E-state index >= 15 is 0 Å². The highest BCUT2D eigenvalue weighted by atomic mass is 16.5. The second-order valence-corrected chi connectivity index (χ2v) is 2.72.